The molecule has 2 saturated heterocycles. The Kier molecular flexibility index (Phi) is 4.22. The molecule has 3 heteroatoms. The monoisotopic (exact) mass is 226 g/mol. The third kappa shape index (κ3) is 2.76. The SMILES string of the molecule is CNC1CC2CCC(C1)N2CCOC(C)C. The van der Waals surface area contributed by atoms with Crippen molar-refractivity contribution in [3.63, 3.8) is 0 Å². The molecule has 2 fully saturated rings. The second-order valence-corrected chi connectivity index (χ2v) is 5.50. The lowest BCUT2D eigenvalue weighted by Gasteiger charge is -2.38. The second-order valence-electron chi connectivity index (χ2n) is 5.50. The van der Waals surface area contributed by atoms with E-state index in [1.165, 1.54) is 25.7 Å². The Balaban J connectivity index is 1.79. The molecule has 0 aromatic heterocycles. The Labute approximate surface area is 99.5 Å². The lowest BCUT2D eigenvalue weighted by molar-refractivity contribution is 0.0328. The fraction of sp³-hybridized carbons (Fsp3) is 1.00. The van der Waals surface area contributed by atoms with E-state index in [-0.39, 0.29) is 0 Å². The average Bonchev–Trinajstić information content (AvgIpc) is 2.50. The van der Waals surface area contributed by atoms with Gasteiger partial charge in [0, 0.05) is 24.7 Å². The van der Waals surface area contributed by atoms with E-state index in [1.807, 2.05) is 0 Å². The molecule has 2 aliphatic heterocycles. The maximum atomic E-state index is 5.66. The van der Waals surface area contributed by atoms with Crippen molar-refractivity contribution < 1.29 is 4.74 Å². The first-order chi connectivity index (χ1) is 7.70. The number of hydrogen-bond donors (Lipinski definition) is 1. The summed E-state index contributed by atoms with van der Waals surface area (Å²) in [4.78, 5) is 2.69. The van der Waals surface area contributed by atoms with Gasteiger partial charge in [0.05, 0.1) is 12.7 Å². The normalized spacial score (nSPS) is 34.9. The molecule has 2 bridgehead atoms. The smallest absolute Gasteiger partial charge is 0.0597 e. The van der Waals surface area contributed by atoms with Crippen molar-refractivity contribution in [1.82, 2.24) is 10.2 Å². The minimum absolute atomic E-state index is 0.368. The minimum Gasteiger partial charge on any atom is -0.377 e. The van der Waals surface area contributed by atoms with Crippen molar-refractivity contribution in [2.24, 2.45) is 0 Å². The summed E-state index contributed by atoms with van der Waals surface area (Å²) in [7, 11) is 2.10. The zero-order valence-electron chi connectivity index (χ0n) is 10.9. The van der Waals surface area contributed by atoms with Gasteiger partial charge in [0.15, 0.2) is 0 Å². The predicted octanol–water partition coefficient (Wildman–Crippen LogP) is 1.63. The Morgan fingerprint density at radius 2 is 1.88 bits per heavy atom. The first-order valence-electron chi connectivity index (χ1n) is 6.75. The second kappa shape index (κ2) is 5.48. The lowest BCUT2D eigenvalue weighted by Crippen LogP contribution is -2.49. The van der Waals surface area contributed by atoms with Crippen LogP contribution in [-0.4, -0.2) is 49.3 Å². The van der Waals surface area contributed by atoms with Crippen LogP contribution in [0.2, 0.25) is 0 Å². The molecule has 0 saturated carbocycles. The molecule has 1 N–H and O–H groups in total. The maximum Gasteiger partial charge on any atom is 0.0597 e. The number of hydrogen-bond acceptors (Lipinski definition) is 3. The van der Waals surface area contributed by atoms with Gasteiger partial charge in [-0.3, -0.25) is 4.90 Å². The van der Waals surface area contributed by atoms with Crippen molar-refractivity contribution in [2.45, 2.75) is 63.8 Å². The van der Waals surface area contributed by atoms with E-state index in [2.05, 4.69) is 31.1 Å². The fourth-order valence-corrected chi connectivity index (χ4v) is 3.27. The van der Waals surface area contributed by atoms with Crippen molar-refractivity contribution in [1.29, 1.82) is 0 Å². The van der Waals surface area contributed by atoms with Gasteiger partial charge in [0.2, 0.25) is 0 Å². The van der Waals surface area contributed by atoms with Crippen molar-refractivity contribution in [3.05, 3.63) is 0 Å². The molecule has 0 aliphatic carbocycles. The van der Waals surface area contributed by atoms with E-state index < -0.39 is 0 Å². The highest BCUT2D eigenvalue weighted by atomic mass is 16.5. The van der Waals surface area contributed by atoms with E-state index in [0.717, 1.165) is 31.3 Å². The van der Waals surface area contributed by atoms with Gasteiger partial charge < -0.3 is 10.1 Å². The summed E-state index contributed by atoms with van der Waals surface area (Å²) in [6.45, 7) is 6.25. The molecule has 94 valence electrons. The Morgan fingerprint density at radius 3 is 2.38 bits per heavy atom. The van der Waals surface area contributed by atoms with Crippen molar-refractivity contribution in [3.8, 4) is 0 Å². The van der Waals surface area contributed by atoms with E-state index in [4.69, 9.17) is 4.74 Å². The number of ether oxygens (including phenoxy) is 1. The average molecular weight is 226 g/mol. The molecular weight excluding hydrogens is 200 g/mol. The highest BCUT2D eigenvalue weighted by Crippen LogP contribution is 2.35. The summed E-state index contributed by atoms with van der Waals surface area (Å²) < 4.78 is 5.66. The quantitative estimate of drug-likeness (QED) is 0.771. The van der Waals surface area contributed by atoms with Gasteiger partial charge in [-0.15, -0.1) is 0 Å². The fourth-order valence-electron chi connectivity index (χ4n) is 3.27. The van der Waals surface area contributed by atoms with E-state index in [1.54, 1.807) is 0 Å². The van der Waals surface area contributed by atoms with Gasteiger partial charge in [0.25, 0.3) is 0 Å². The standard InChI is InChI=1S/C13H26N2O/c1-10(2)16-7-6-15-12-4-5-13(15)9-11(8-12)14-3/h10-14H,4-9H2,1-3H3. The summed E-state index contributed by atoms with van der Waals surface area (Å²) in [5.41, 5.74) is 0. The first-order valence-corrected chi connectivity index (χ1v) is 6.75. The molecule has 16 heavy (non-hydrogen) atoms. The number of rotatable bonds is 5. The van der Waals surface area contributed by atoms with Gasteiger partial charge in [-0.05, 0) is 46.6 Å². The molecule has 2 unspecified atom stereocenters. The first kappa shape index (κ1) is 12.3. The van der Waals surface area contributed by atoms with Crippen LogP contribution in [0.5, 0.6) is 0 Å². The molecule has 3 nitrogen and oxygen atoms in total. The zero-order chi connectivity index (χ0) is 11.5. The van der Waals surface area contributed by atoms with Crippen LogP contribution in [0.3, 0.4) is 0 Å². The third-order valence-electron chi connectivity index (χ3n) is 4.09. The summed E-state index contributed by atoms with van der Waals surface area (Å²) in [6.07, 6.45) is 5.81. The summed E-state index contributed by atoms with van der Waals surface area (Å²) in [5.74, 6) is 0. The van der Waals surface area contributed by atoms with Crippen molar-refractivity contribution >= 4 is 0 Å². The van der Waals surface area contributed by atoms with E-state index in [0.29, 0.717) is 6.10 Å². The van der Waals surface area contributed by atoms with Gasteiger partial charge >= 0.3 is 0 Å². The summed E-state index contributed by atoms with van der Waals surface area (Å²) >= 11 is 0. The van der Waals surface area contributed by atoms with Crippen LogP contribution in [0.1, 0.15) is 39.5 Å². The van der Waals surface area contributed by atoms with E-state index in [9.17, 15) is 0 Å². The van der Waals surface area contributed by atoms with Crippen LogP contribution in [-0.2, 0) is 4.74 Å². The largest absolute Gasteiger partial charge is 0.377 e. The van der Waals surface area contributed by atoms with Gasteiger partial charge in [0.1, 0.15) is 0 Å². The van der Waals surface area contributed by atoms with E-state index >= 15 is 0 Å². The van der Waals surface area contributed by atoms with Crippen LogP contribution >= 0.6 is 0 Å². The van der Waals surface area contributed by atoms with Crippen LogP contribution in [0.25, 0.3) is 0 Å². The van der Waals surface area contributed by atoms with Crippen LogP contribution in [0.15, 0.2) is 0 Å². The number of nitrogens with zero attached hydrogens (tertiary/aromatic N) is 1. The van der Waals surface area contributed by atoms with Gasteiger partial charge in [-0.25, -0.2) is 0 Å². The van der Waals surface area contributed by atoms with Gasteiger partial charge in [-0.1, -0.05) is 0 Å². The molecule has 0 radical (unpaired) electrons. The Morgan fingerprint density at radius 1 is 1.25 bits per heavy atom. The molecule has 2 rings (SSSR count). The molecule has 2 heterocycles. The highest BCUT2D eigenvalue weighted by Gasteiger charge is 2.39. The molecule has 0 amide bonds. The molecule has 0 aromatic rings. The third-order valence-corrected chi connectivity index (χ3v) is 4.09. The minimum atomic E-state index is 0.368. The van der Waals surface area contributed by atoms with Crippen LogP contribution < -0.4 is 5.32 Å². The lowest BCUT2D eigenvalue weighted by atomic mass is 9.97. The highest BCUT2D eigenvalue weighted by molar-refractivity contribution is 4.96. The van der Waals surface area contributed by atoms with Crippen molar-refractivity contribution in [2.75, 3.05) is 20.2 Å². The van der Waals surface area contributed by atoms with Crippen LogP contribution in [0.4, 0.5) is 0 Å². The Bertz CT molecular complexity index is 206. The Hall–Kier alpha value is -0.120. The number of piperidine rings is 1. The van der Waals surface area contributed by atoms with Crippen LogP contribution in [0, 0.1) is 0 Å². The number of nitrogens with one attached hydrogen (secondary N) is 1. The summed E-state index contributed by atoms with van der Waals surface area (Å²) in [5, 5.41) is 3.44. The topological polar surface area (TPSA) is 24.5 Å². The predicted molar refractivity (Wildman–Crippen MR) is 66.7 cm³/mol. The maximum absolute atomic E-state index is 5.66. The zero-order valence-corrected chi connectivity index (χ0v) is 10.9. The van der Waals surface area contributed by atoms with Gasteiger partial charge in [-0.2, -0.15) is 0 Å². The molecule has 0 spiro atoms. The number of fused-ring (bicyclic) bond motifs is 2. The molecule has 2 aliphatic rings. The molecule has 2 atom stereocenters. The summed E-state index contributed by atoms with van der Waals surface area (Å²) in [6, 6.07) is 2.37. The molecule has 0 aromatic carbocycles. The molecular formula is C13H26N2O.